The Labute approximate surface area is 113 Å². The first-order valence-corrected chi connectivity index (χ1v) is 7.74. The Hall–Kier alpha value is -0.0800. The van der Waals surface area contributed by atoms with Gasteiger partial charge < -0.3 is 10.1 Å². The van der Waals surface area contributed by atoms with Gasteiger partial charge in [-0.1, -0.05) is 34.6 Å². The van der Waals surface area contributed by atoms with Crippen LogP contribution in [0.25, 0.3) is 0 Å². The fourth-order valence-corrected chi connectivity index (χ4v) is 3.60. The molecule has 0 spiro atoms. The second-order valence-electron chi connectivity index (χ2n) is 7.85. The molecule has 2 rings (SSSR count). The molecule has 0 radical (unpaired) electrons. The number of hydrogen-bond donors (Lipinski definition) is 1. The SMILES string of the molecule is CC(C)CC1COC2CCC(C(C)(C)C)CC2N1. The van der Waals surface area contributed by atoms with Gasteiger partial charge in [0, 0.05) is 12.1 Å². The molecule has 1 saturated heterocycles. The first-order valence-electron chi connectivity index (χ1n) is 7.74. The largest absolute Gasteiger partial charge is 0.375 e. The molecule has 4 atom stereocenters. The van der Waals surface area contributed by atoms with Gasteiger partial charge in [-0.15, -0.1) is 0 Å². The standard InChI is InChI=1S/C16H31NO/c1-11(2)8-13-10-18-15-7-6-12(16(3,4)5)9-14(15)17-13/h11-15,17H,6-10H2,1-5H3. The summed E-state index contributed by atoms with van der Waals surface area (Å²) in [7, 11) is 0. The van der Waals surface area contributed by atoms with Gasteiger partial charge in [0.25, 0.3) is 0 Å². The first kappa shape index (κ1) is 14.3. The molecule has 2 fully saturated rings. The summed E-state index contributed by atoms with van der Waals surface area (Å²) < 4.78 is 6.09. The second-order valence-corrected chi connectivity index (χ2v) is 7.85. The number of nitrogens with one attached hydrogen (secondary N) is 1. The molecule has 106 valence electrons. The summed E-state index contributed by atoms with van der Waals surface area (Å²) in [5.74, 6) is 1.59. The zero-order chi connectivity index (χ0) is 13.3. The zero-order valence-corrected chi connectivity index (χ0v) is 12.8. The molecule has 0 amide bonds. The lowest BCUT2D eigenvalue weighted by molar-refractivity contribution is -0.0675. The molecule has 1 heterocycles. The average Bonchev–Trinajstić information content (AvgIpc) is 2.26. The lowest BCUT2D eigenvalue weighted by atomic mass is 9.69. The molecule has 2 heteroatoms. The summed E-state index contributed by atoms with van der Waals surface area (Å²) in [5.41, 5.74) is 0.442. The Morgan fingerprint density at radius 3 is 2.56 bits per heavy atom. The van der Waals surface area contributed by atoms with Crippen molar-refractivity contribution in [2.45, 2.75) is 78.5 Å². The summed E-state index contributed by atoms with van der Waals surface area (Å²) >= 11 is 0. The van der Waals surface area contributed by atoms with Gasteiger partial charge in [-0.2, -0.15) is 0 Å². The molecule has 18 heavy (non-hydrogen) atoms. The third-order valence-electron chi connectivity index (χ3n) is 4.73. The lowest BCUT2D eigenvalue weighted by Crippen LogP contribution is -2.57. The van der Waals surface area contributed by atoms with E-state index in [1.807, 2.05) is 0 Å². The third-order valence-corrected chi connectivity index (χ3v) is 4.73. The van der Waals surface area contributed by atoms with E-state index in [0.717, 1.165) is 18.4 Å². The van der Waals surface area contributed by atoms with E-state index in [-0.39, 0.29) is 0 Å². The second kappa shape index (κ2) is 5.50. The van der Waals surface area contributed by atoms with Crippen molar-refractivity contribution < 1.29 is 4.74 Å². The van der Waals surface area contributed by atoms with Crippen LogP contribution in [-0.2, 0) is 4.74 Å². The maximum absolute atomic E-state index is 6.09. The number of rotatable bonds is 2. The number of hydrogen-bond acceptors (Lipinski definition) is 2. The van der Waals surface area contributed by atoms with E-state index < -0.39 is 0 Å². The average molecular weight is 253 g/mol. The maximum Gasteiger partial charge on any atom is 0.0729 e. The van der Waals surface area contributed by atoms with Crippen LogP contribution in [0.1, 0.15) is 60.3 Å². The monoisotopic (exact) mass is 253 g/mol. The smallest absolute Gasteiger partial charge is 0.0729 e. The Bertz CT molecular complexity index is 269. The van der Waals surface area contributed by atoms with Gasteiger partial charge in [0.05, 0.1) is 12.7 Å². The molecule has 2 aliphatic rings. The van der Waals surface area contributed by atoms with Crippen LogP contribution in [0.5, 0.6) is 0 Å². The van der Waals surface area contributed by atoms with E-state index in [0.29, 0.717) is 23.6 Å². The molecule has 4 unspecified atom stereocenters. The van der Waals surface area contributed by atoms with Crippen LogP contribution in [0.4, 0.5) is 0 Å². The van der Waals surface area contributed by atoms with Crippen molar-refractivity contribution in [1.29, 1.82) is 0 Å². The van der Waals surface area contributed by atoms with E-state index in [1.54, 1.807) is 0 Å². The highest BCUT2D eigenvalue weighted by molar-refractivity contribution is 4.94. The molecule has 1 aliphatic carbocycles. The van der Waals surface area contributed by atoms with Crippen LogP contribution < -0.4 is 5.32 Å². The molecule has 0 aromatic carbocycles. The summed E-state index contributed by atoms with van der Waals surface area (Å²) in [5, 5.41) is 3.86. The van der Waals surface area contributed by atoms with Gasteiger partial charge in [0.1, 0.15) is 0 Å². The molecule has 0 aromatic heterocycles. The Kier molecular flexibility index (Phi) is 4.38. The van der Waals surface area contributed by atoms with Crippen molar-refractivity contribution in [1.82, 2.24) is 5.32 Å². The van der Waals surface area contributed by atoms with Gasteiger partial charge in [-0.25, -0.2) is 0 Å². The van der Waals surface area contributed by atoms with E-state index >= 15 is 0 Å². The van der Waals surface area contributed by atoms with E-state index in [2.05, 4.69) is 39.9 Å². The predicted octanol–water partition coefficient (Wildman–Crippen LogP) is 3.60. The van der Waals surface area contributed by atoms with Crippen molar-refractivity contribution in [2.75, 3.05) is 6.61 Å². The van der Waals surface area contributed by atoms with Crippen molar-refractivity contribution in [3.63, 3.8) is 0 Å². The van der Waals surface area contributed by atoms with Crippen molar-refractivity contribution in [3.8, 4) is 0 Å². The Morgan fingerprint density at radius 1 is 1.22 bits per heavy atom. The molecule has 2 nitrogen and oxygen atoms in total. The lowest BCUT2D eigenvalue weighted by Gasteiger charge is -2.46. The zero-order valence-electron chi connectivity index (χ0n) is 12.8. The van der Waals surface area contributed by atoms with Gasteiger partial charge in [0.2, 0.25) is 0 Å². The normalized spacial score (nSPS) is 37.7. The first-order chi connectivity index (χ1) is 8.36. The van der Waals surface area contributed by atoms with Gasteiger partial charge >= 0.3 is 0 Å². The third kappa shape index (κ3) is 3.48. The fraction of sp³-hybridized carbons (Fsp3) is 1.00. The van der Waals surface area contributed by atoms with Crippen LogP contribution in [-0.4, -0.2) is 24.8 Å². The van der Waals surface area contributed by atoms with Gasteiger partial charge in [0.15, 0.2) is 0 Å². The number of ether oxygens (including phenoxy) is 1. The fourth-order valence-electron chi connectivity index (χ4n) is 3.60. The van der Waals surface area contributed by atoms with Crippen LogP contribution in [0, 0.1) is 17.3 Å². The minimum Gasteiger partial charge on any atom is -0.375 e. The van der Waals surface area contributed by atoms with Crippen molar-refractivity contribution in [3.05, 3.63) is 0 Å². The summed E-state index contributed by atoms with van der Waals surface area (Å²) in [6, 6.07) is 1.17. The summed E-state index contributed by atoms with van der Waals surface area (Å²) in [4.78, 5) is 0. The van der Waals surface area contributed by atoms with Crippen LogP contribution in [0.2, 0.25) is 0 Å². The minimum absolute atomic E-state index is 0.442. The molecule has 0 bridgehead atoms. The van der Waals surface area contributed by atoms with Crippen LogP contribution >= 0.6 is 0 Å². The van der Waals surface area contributed by atoms with E-state index in [1.165, 1.54) is 25.7 Å². The highest BCUT2D eigenvalue weighted by atomic mass is 16.5. The highest BCUT2D eigenvalue weighted by Crippen LogP contribution is 2.39. The van der Waals surface area contributed by atoms with Crippen LogP contribution in [0.15, 0.2) is 0 Å². The van der Waals surface area contributed by atoms with Crippen LogP contribution in [0.3, 0.4) is 0 Å². The molecule has 0 aromatic rings. The highest BCUT2D eigenvalue weighted by Gasteiger charge is 2.39. The van der Waals surface area contributed by atoms with Gasteiger partial charge in [-0.3, -0.25) is 0 Å². The molecular formula is C16H31NO. The van der Waals surface area contributed by atoms with Gasteiger partial charge in [-0.05, 0) is 42.9 Å². The van der Waals surface area contributed by atoms with E-state index in [9.17, 15) is 0 Å². The number of fused-ring (bicyclic) bond motifs is 1. The molecular weight excluding hydrogens is 222 g/mol. The summed E-state index contributed by atoms with van der Waals surface area (Å²) in [6.45, 7) is 12.7. The topological polar surface area (TPSA) is 21.3 Å². The van der Waals surface area contributed by atoms with Crippen molar-refractivity contribution >= 4 is 0 Å². The Balaban J connectivity index is 1.92. The molecule has 1 N–H and O–H groups in total. The molecule has 1 aliphatic heterocycles. The van der Waals surface area contributed by atoms with E-state index in [4.69, 9.17) is 4.74 Å². The maximum atomic E-state index is 6.09. The minimum atomic E-state index is 0.442. The molecule has 1 saturated carbocycles. The summed E-state index contributed by atoms with van der Waals surface area (Å²) in [6.07, 6.45) is 5.59. The number of morpholine rings is 1. The quantitative estimate of drug-likeness (QED) is 0.812. The Morgan fingerprint density at radius 2 is 1.94 bits per heavy atom. The van der Waals surface area contributed by atoms with Crippen molar-refractivity contribution in [2.24, 2.45) is 17.3 Å². The predicted molar refractivity (Wildman–Crippen MR) is 76.7 cm³/mol.